The summed E-state index contributed by atoms with van der Waals surface area (Å²) in [6, 6.07) is 0.604. The average molecular weight is 351 g/mol. The molecule has 0 aliphatic carbocycles. The van der Waals surface area contributed by atoms with Crippen molar-refractivity contribution < 1.29 is 29.7 Å². The zero-order valence-corrected chi connectivity index (χ0v) is 13.9. The number of aromatic amines is 1. The molecule has 1 fully saturated rings. The summed E-state index contributed by atoms with van der Waals surface area (Å²) in [6.07, 6.45) is 1.05. The lowest BCUT2D eigenvalue weighted by molar-refractivity contribution is -0.405. The second kappa shape index (κ2) is 7.32. The third kappa shape index (κ3) is 3.95. The van der Waals surface area contributed by atoms with E-state index in [1.807, 2.05) is 0 Å². The molecule has 2 N–H and O–H groups in total. The van der Waals surface area contributed by atoms with Crippen molar-refractivity contribution in [2.24, 2.45) is 5.92 Å². The number of carbonyl (C=O) groups excluding carboxylic acids is 2. The highest BCUT2D eigenvalue weighted by atomic mass is 16.6. The Morgan fingerprint density at radius 1 is 1.36 bits per heavy atom. The maximum absolute atomic E-state index is 11.3. The molecule has 2 atom stereocenters. The molecule has 1 aromatic heterocycles. The molecule has 25 heavy (non-hydrogen) atoms. The molecule has 10 nitrogen and oxygen atoms in total. The molecular weight excluding hydrogens is 332 g/mol. The summed E-state index contributed by atoms with van der Waals surface area (Å²) in [7, 11) is 0. The van der Waals surface area contributed by atoms with Crippen molar-refractivity contribution in [2.45, 2.75) is 38.8 Å². The van der Waals surface area contributed by atoms with E-state index < -0.39 is 28.9 Å². The minimum Gasteiger partial charge on any atom is -0.546 e. The number of rotatable bonds is 7. The van der Waals surface area contributed by atoms with Gasteiger partial charge >= 0.3 is 5.69 Å². The molecule has 2 rings (SSSR count). The molecule has 0 bridgehead atoms. The Hall–Kier alpha value is -2.91. The van der Waals surface area contributed by atoms with Crippen LogP contribution in [0, 0.1) is 16.0 Å². The van der Waals surface area contributed by atoms with Gasteiger partial charge in [-0.25, -0.2) is 4.98 Å². The summed E-state index contributed by atoms with van der Waals surface area (Å²) in [4.78, 5) is 37.3. The number of nitrogens with one attached hydrogen (secondary N) is 2. The molecule has 0 spiro atoms. The van der Waals surface area contributed by atoms with Gasteiger partial charge < -0.3 is 19.8 Å². The van der Waals surface area contributed by atoms with Crippen LogP contribution in [0.4, 0.5) is 17.3 Å². The minimum atomic E-state index is -1.39. The van der Waals surface area contributed by atoms with Gasteiger partial charge in [-0.1, -0.05) is 13.8 Å². The zero-order valence-electron chi connectivity index (χ0n) is 13.9. The highest BCUT2D eigenvalue weighted by Gasteiger charge is 2.33. The van der Waals surface area contributed by atoms with Crippen molar-refractivity contribution in [2.75, 3.05) is 16.8 Å². The molecule has 1 aliphatic heterocycles. The smallest absolute Gasteiger partial charge is 0.340 e. The molecule has 1 aromatic rings. The highest BCUT2D eigenvalue weighted by Crippen LogP contribution is 2.27. The topological polar surface area (TPSA) is 153 Å². The first kappa shape index (κ1) is 18.4. The normalized spacial score (nSPS) is 18.2. The number of nitro groups is 1. The van der Waals surface area contributed by atoms with Crippen LogP contribution in [0.2, 0.25) is 0 Å². The number of hydrogen-bond acceptors (Lipinski definition) is 8. The molecule has 136 valence electrons. The first-order chi connectivity index (χ1) is 11.7. The molecule has 0 saturated carbocycles. The molecule has 1 aliphatic rings. The number of hydrogen-bond donors (Lipinski definition) is 1. The van der Waals surface area contributed by atoms with Gasteiger partial charge in [0.1, 0.15) is 12.1 Å². The quantitative estimate of drug-likeness (QED) is 0.451. The number of aromatic nitrogens is 1. The van der Waals surface area contributed by atoms with Gasteiger partial charge in [0.15, 0.2) is 0 Å². The monoisotopic (exact) mass is 351 g/mol. The third-order valence-corrected chi connectivity index (χ3v) is 4.16. The summed E-state index contributed by atoms with van der Waals surface area (Å²) in [6.45, 7) is 3.71. The lowest BCUT2D eigenvalue weighted by Crippen LogP contribution is -2.47. The fourth-order valence-corrected chi connectivity index (χ4v) is 2.86. The van der Waals surface area contributed by atoms with E-state index in [-0.39, 0.29) is 17.4 Å². The second-order valence-electron chi connectivity index (χ2n) is 6.22. The van der Waals surface area contributed by atoms with Crippen molar-refractivity contribution >= 4 is 29.3 Å². The maximum Gasteiger partial charge on any atom is 0.340 e. The number of carboxylic acid groups (broad SMARTS) is 2. The van der Waals surface area contributed by atoms with Crippen LogP contribution >= 0.6 is 0 Å². The van der Waals surface area contributed by atoms with E-state index in [2.05, 4.69) is 10.3 Å². The van der Waals surface area contributed by atoms with E-state index in [9.17, 15) is 29.9 Å². The standard InChI is InChI=1S/C15H20N4O6/c1-8(2)12(15(22)23)17-13-9(19(24)25)5-6-11(16-13)18-7-3-4-10(18)14(20)21/h5-6,8,10,12H,3-4,7H2,1-2H3,(H,16,17)(H,20,21)(H,22,23)/p-1/t10-,12+/m0/s1. The van der Waals surface area contributed by atoms with Gasteiger partial charge in [0, 0.05) is 12.1 Å². The molecule has 2 heterocycles. The maximum atomic E-state index is 11.3. The summed E-state index contributed by atoms with van der Waals surface area (Å²) in [5.74, 6) is -2.79. The summed E-state index contributed by atoms with van der Waals surface area (Å²) >= 11 is 0. The Balaban J connectivity index is 2.41. The van der Waals surface area contributed by atoms with Crippen molar-refractivity contribution in [3.63, 3.8) is 0 Å². The summed E-state index contributed by atoms with van der Waals surface area (Å²) < 4.78 is 0. The van der Waals surface area contributed by atoms with Crippen LogP contribution in [0.1, 0.15) is 26.7 Å². The lowest BCUT2D eigenvalue weighted by Gasteiger charge is -2.23. The predicted molar refractivity (Wildman–Crippen MR) is 82.3 cm³/mol. The Morgan fingerprint density at radius 2 is 2.04 bits per heavy atom. The Morgan fingerprint density at radius 3 is 2.56 bits per heavy atom. The van der Waals surface area contributed by atoms with Crippen molar-refractivity contribution in [3.8, 4) is 0 Å². The third-order valence-electron chi connectivity index (χ3n) is 4.16. The van der Waals surface area contributed by atoms with E-state index >= 15 is 0 Å². The molecule has 0 amide bonds. The fourth-order valence-electron chi connectivity index (χ4n) is 2.86. The minimum absolute atomic E-state index is 0.116. The van der Waals surface area contributed by atoms with Gasteiger partial charge in [0.2, 0.25) is 5.82 Å². The predicted octanol–water partition coefficient (Wildman–Crippen LogP) is -1.69. The molecule has 0 unspecified atom stereocenters. The van der Waals surface area contributed by atoms with E-state index in [1.54, 1.807) is 13.8 Å². The first-order valence-electron chi connectivity index (χ1n) is 7.88. The highest BCUT2D eigenvalue weighted by molar-refractivity contribution is 5.77. The van der Waals surface area contributed by atoms with E-state index in [4.69, 9.17) is 0 Å². The van der Waals surface area contributed by atoms with Crippen LogP contribution in [0.5, 0.6) is 0 Å². The molecule has 10 heteroatoms. The first-order valence-corrected chi connectivity index (χ1v) is 7.88. The lowest BCUT2D eigenvalue weighted by atomic mass is 10.0. The van der Waals surface area contributed by atoms with Gasteiger partial charge in [0.25, 0.3) is 5.82 Å². The van der Waals surface area contributed by atoms with E-state index in [1.165, 1.54) is 17.0 Å². The van der Waals surface area contributed by atoms with Crippen LogP contribution in [0.25, 0.3) is 0 Å². The summed E-state index contributed by atoms with van der Waals surface area (Å²) in [5, 5.41) is 36.3. The zero-order chi connectivity index (χ0) is 18.7. The largest absolute Gasteiger partial charge is 0.546 e. The van der Waals surface area contributed by atoms with Crippen LogP contribution in [0.3, 0.4) is 0 Å². The van der Waals surface area contributed by atoms with Crippen LogP contribution < -0.4 is 25.4 Å². The van der Waals surface area contributed by atoms with Crippen LogP contribution in [-0.2, 0) is 9.59 Å². The van der Waals surface area contributed by atoms with Crippen LogP contribution in [-0.4, -0.2) is 35.5 Å². The van der Waals surface area contributed by atoms with E-state index in [0.29, 0.717) is 25.2 Å². The number of carbonyl (C=O) groups is 2. The SMILES string of the molecule is CC(C)[C@@H](Nc1[nH+]c(N2CCC[C@H]2C(=O)[O-])ccc1[N+](=O)[O-])C(=O)[O-]. The van der Waals surface area contributed by atoms with Gasteiger partial charge in [-0.2, -0.15) is 0 Å². The fraction of sp³-hybridized carbons (Fsp3) is 0.533. The van der Waals surface area contributed by atoms with Crippen molar-refractivity contribution in [1.29, 1.82) is 0 Å². The Bertz CT molecular complexity index is 693. The van der Waals surface area contributed by atoms with Gasteiger partial charge in [0.05, 0.1) is 23.4 Å². The molecule has 0 radical (unpaired) electrons. The van der Waals surface area contributed by atoms with E-state index in [0.717, 1.165) is 0 Å². The number of H-pyrrole nitrogens is 1. The van der Waals surface area contributed by atoms with Gasteiger partial charge in [-0.15, -0.1) is 0 Å². The number of pyridine rings is 1. The molecule has 1 saturated heterocycles. The Kier molecular flexibility index (Phi) is 5.40. The second-order valence-corrected chi connectivity index (χ2v) is 6.22. The number of nitrogens with zero attached hydrogens (tertiary/aromatic N) is 2. The molecular formula is C15H19N4O6-. The number of aliphatic carboxylic acids is 2. The van der Waals surface area contributed by atoms with Crippen molar-refractivity contribution in [3.05, 3.63) is 22.2 Å². The van der Waals surface area contributed by atoms with Gasteiger partial charge in [-0.05, 0) is 18.8 Å². The number of anilines is 2. The average Bonchev–Trinajstić information content (AvgIpc) is 3.01. The summed E-state index contributed by atoms with van der Waals surface area (Å²) in [5.41, 5.74) is -0.347. The molecule has 0 aromatic carbocycles. The van der Waals surface area contributed by atoms with Crippen molar-refractivity contribution in [1.82, 2.24) is 0 Å². The Labute approximate surface area is 143 Å². The van der Waals surface area contributed by atoms with Crippen LogP contribution in [0.15, 0.2) is 12.1 Å². The van der Waals surface area contributed by atoms with Gasteiger partial charge in [-0.3, -0.25) is 20.3 Å². The number of carboxylic acids is 2.